The molecule has 0 amide bonds. The summed E-state index contributed by atoms with van der Waals surface area (Å²) < 4.78 is 0. The van der Waals surface area contributed by atoms with Gasteiger partial charge in [-0.15, -0.1) is 0 Å². The lowest BCUT2D eigenvalue weighted by atomic mass is 10.1. The molecule has 4 heteroatoms. The van der Waals surface area contributed by atoms with Gasteiger partial charge in [0.15, 0.2) is 0 Å². The van der Waals surface area contributed by atoms with Crippen LogP contribution in [0.25, 0.3) is 0 Å². The second kappa shape index (κ2) is 4.49. The van der Waals surface area contributed by atoms with Crippen LogP contribution < -0.4 is 10.6 Å². The fourth-order valence-electron chi connectivity index (χ4n) is 1.64. The molecule has 1 saturated heterocycles. The molecule has 1 aliphatic heterocycles. The van der Waals surface area contributed by atoms with Crippen molar-refractivity contribution in [1.82, 2.24) is 10.6 Å². The number of rotatable bonds is 1. The molecule has 0 atom stereocenters. The molecule has 76 valence electrons. The number of benzene rings is 1. The van der Waals surface area contributed by atoms with Crippen molar-refractivity contribution in [1.29, 1.82) is 0 Å². The molecule has 1 heterocycles. The van der Waals surface area contributed by atoms with Crippen LogP contribution in [-0.4, -0.2) is 13.1 Å². The Morgan fingerprint density at radius 2 is 1.64 bits per heavy atom. The summed E-state index contributed by atoms with van der Waals surface area (Å²) in [6, 6.07) is 5.58. The molecule has 2 rings (SSSR count). The predicted octanol–water partition coefficient (Wildman–Crippen LogP) is 2.57. The Kier molecular flexibility index (Phi) is 3.29. The number of halogens is 2. The molecular formula is C10H12Cl2N2. The van der Waals surface area contributed by atoms with Gasteiger partial charge in [0.25, 0.3) is 0 Å². The molecule has 0 unspecified atom stereocenters. The van der Waals surface area contributed by atoms with E-state index in [1.54, 1.807) is 0 Å². The van der Waals surface area contributed by atoms with Crippen LogP contribution in [0, 0.1) is 0 Å². The first kappa shape index (κ1) is 10.2. The maximum atomic E-state index is 6.10. The lowest BCUT2D eigenvalue weighted by Gasteiger charge is -2.26. The minimum atomic E-state index is 0.0879. The molecule has 0 aromatic heterocycles. The monoisotopic (exact) mass is 230 g/mol. The molecule has 0 radical (unpaired) electrons. The van der Waals surface area contributed by atoms with Crippen LogP contribution in [0.2, 0.25) is 10.0 Å². The van der Waals surface area contributed by atoms with Crippen molar-refractivity contribution in [3.8, 4) is 0 Å². The molecule has 2 N–H and O–H groups in total. The second-order valence-electron chi connectivity index (χ2n) is 3.33. The summed E-state index contributed by atoms with van der Waals surface area (Å²) in [7, 11) is 0. The van der Waals surface area contributed by atoms with E-state index in [2.05, 4.69) is 10.6 Å². The summed E-state index contributed by atoms with van der Waals surface area (Å²) in [6.45, 7) is 2.00. The van der Waals surface area contributed by atoms with Crippen molar-refractivity contribution < 1.29 is 0 Å². The quantitative estimate of drug-likeness (QED) is 0.776. The second-order valence-corrected chi connectivity index (χ2v) is 4.14. The highest BCUT2D eigenvalue weighted by Crippen LogP contribution is 2.29. The Labute approximate surface area is 93.6 Å². The summed E-state index contributed by atoms with van der Waals surface area (Å²) in [5, 5.41) is 8.10. The van der Waals surface area contributed by atoms with Gasteiger partial charge in [-0.2, -0.15) is 0 Å². The highest BCUT2D eigenvalue weighted by Gasteiger charge is 2.18. The van der Waals surface area contributed by atoms with E-state index in [0.717, 1.165) is 25.1 Å². The van der Waals surface area contributed by atoms with E-state index in [1.807, 2.05) is 18.2 Å². The van der Waals surface area contributed by atoms with Gasteiger partial charge < -0.3 is 0 Å². The van der Waals surface area contributed by atoms with Crippen molar-refractivity contribution in [2.45, 2.75) is 12.6 Å². The molecule has 1 fully saturated rings. The average molecular weight is 231 g/mol. The molecule has 1 aromatic rings. The topological polar surface area (TPSA) is 24.1 Å². The molecule has 14 heavy (non-hydrogen) atoms. The first-order valence-corrected chi connectivity index (χ1v) is 5.45. The Hall–Kier alpha value is -0.280. The Bertz CT molecular complexity index is 302. The highest BCUT2D eigenvalue weighted by atomic mass is 35.5. The highest BCUT2D eigenvalue weighted by molar-refractivity contribution is 6.36. The van der Waals surface area contributed by atoms with Gasteiger partial charge in [0.05, 0.1) is 6.17 Å². The van der Waals surface area contributed by atoms with Gasteiger partial charge in [-0.3, -0.25) is 10.6 Å². The van der Waals surface area contributed by atoms with Crippen molar-refractivity contribution in [3.63, 3.8) is 0 Å². The summed E-state index contributed by atoms with van der Waals surface area (Å²) in [5.74, 6) is 0. The molecule has 2 nitrogen and oxygen atoms in total. The third kappa shape index (κ3) is 2.04. The van der Waals surface area contributed by atoms with Crippen LogP contribution in [0.4, 0.5) is 0 Å². The first-order valence-electron chi connectivity index (χ1n) is 4.70. The van der Waals surface area contributed by atoms with Gasteiger partial charge in [0.1, 0.15) is 0 Å². The zero-order valence-electron chi connectivity index (χ0n) is 7.69. The fraction of sp³-hybridized carbons (Fsp3) is 0.400. The van der Waals surface area contributed by atoms with Crippen molar-refractivity contribution in [3.05, 3.63) is 33.8 Å². The lowest BCUT2D eigenvalue weighted by molar-refractivity contribution is 0.380. The smallest absolute Gasteiger partial charge is 0.0864 e. The van der Waals surface area contributed by atoms with Crippen LogP contribution >= 0.6 is 23.2 Å². The van der Waals surface area contributed by atoms with Crippen LogP contribution in [0.5, 0.6) is 0 Å². The Balaban J connectivity index is 2.29. The van der Waals surface area contributed by atoms with E-state index in [0.29, 0.717) is 10.0 Å². The predicted molar refractivity (Wildman–Crippen MR) is 59.8 cm³/mol. The molecular weight excluding hydrogens is 219 g/mol. The Morgan fingerprint density at radius 3 is 2.21 bits per heavy atom. The standard InChI is InChI=1S/C10H12Cl2N2/c11-7-3-1-4-8(12)9(7)10-13-5-2-6-14-10/h1,3-4,10,13-14H,2,5-6H2. The molecule has 0 saturated carbocycles. The van der Waals surface area contributed by atoms with Crippen molar-refractivity contribution >= 4 is 23.2 Å². The van der Waals surface area contributed by atoms with E-state index in [1.165, 1.54) is 0 Å². The normalized spacial score (nSPS) is 18.4. The van der Waals surface area contributed by atoms with Gasteiger partial charge in [-0.1, -0.05) is 29.3 Å². The van der Waals surface area contributed by atoms with Gasteiger partial charge in [0, 0.05) is 15.6 Å². The molecule has 1 aromatic carbocycles. The minimum absolute atomic E-state index is 0.0879. The van der Waals surface area contributed by atoms with Gasteiger partial charge in [-0.25, -0.2) is 0 Å². The van der Waals surface area contributed by atoms with Gasteiger partial charge in [0.2, 0.25) is 0 Å². The third-order valence-corrected chi connectivity index (χ3v) is 3.00. The van der Waals surface area contributed by atoms with Gasteiger partial charge >= 0.3 is 0 Å². The fourth-order valence-corrected chi connectivity index (χ4v) is 2.26. The van der Waals surface area contributed by atoms with Crippen LogP contribution in [0.1, 0.15) is 18.2 Å². The van der Waals surface area contributed by atoms with Crippen molar-refractivity contribution in [2.24, 2.45) is 0 Å². The molecule has 0 spiro atoms. The first-order chi connectivity index (χ1) is 6.79. The van der Waals surface area contributed by atoms with Crippen LogP contribution in [0.15, 0.2) is 18.2 Å². The summed E-state index contributed by atoms with van der Waals surface area (Å²) in [6.07, 6.45) is 1.23. The zero-order valence-corrected chi connectivity index (χ0v) is 9.20. The van der Waals surface area contributed by atoms with E-state index in [-0.39, 0.29) is 6.17 Å². The molecule has 1 aliphatic rings. The zero-order chi connectivity index (χ0) is 9.97. The number of hydrogen-bond donors (Lipinski definition) is 2. The maximum Gasteiger partial charge on any atom is 0.0864 e. The maximum absolute atomic E-state index is 6.10. The summed E-state index contributed by atoms with van der Waals surface area (Å²) >= 11 is 12.2. The summed E-state index contributed by atoms with van der Waals surface area (Å²) in [4.78, 5) is 0. The number of nitrogens with one attached hydrogen (secondary N) is 2. The lowest BCUT2D eigenvalue weighted by Crippen LogP contribution is -2.41. The SMILES string of the molecule is Clc1cccc(Cl)c1C1NCCCN1. The molecule has 0 bridgehead atoms. The van der Waals surface area contributed by atoms with E-state index in [4.69, 9.17) is 23.2 Å². The van der Waals surface area contributed by atoms with E-state index < -0.39 is 0 Å². The molecule has 0 aliphatic carbocycles. The summed E-state index contributed by atoms with van der Waals surface area (Å²) in [5.41, 5.74) is 0.954. The largest absolute Gasteiger partial charge is 0.298 e. The van der Waals surface area contributed by atoms with Crippen LogP contribution in [0.3, 0.4) is 0 Å². The number of hydrogen-bond acceptors (Lipinski definition) is 2. The van der Waals surface area contributed by atoms with Crippen LogP contribution in [-0.2, 0) is 0 Å². The van der Waals surface area contributed by atoms with E-state index >= 15 is 0 Å². The third-order valence-electron chi connectivity index (χ3n) is 2.34. The van der Waals surface area contributed by atoms with Gasteiger partial charge in [-0.05, 0) is 31.6 Å². The average Bonchev–Trinajstić information content (AvgIpc) is 2.19. The minimum Gasteiger partial charge on any atom is -0.298 e. The Morgan fingerprint density at radius 1 is 1.07 bits per heavy atom. The van der Waals surface area contributed by atoms with E-state index in [9.17, 15) is 0 Å². The van der Waals surface area contributed by atoms with Crippen molar-refractivity contribution in [2.75, 3.05) is 13.1 Å².